The van der Waals surface area contributed by atoms with Crippen LogP contribution in [0.4, 0.5) is 11.4 Å². The van der Waals surface area contributed by atoms with Gasteiger partial charge in [0.05, 0.1) is 24.7 Å². The van der Waals surface area contributed by atoms with Gasteiger partial charge in [-0.15, -0.1) is 0 Å². The van der Waals surface area contributed by atoms with Crippen LogP contribution in [0, 0.1) is 0 Å². The first kappa shape index (κ1) is 8.64. The zero-order chi connectivity index (χ0) is 9.14. The molecule has 0 fully saturated rings. The van der Waals surface area contributed by atoms with Crippen molar-refractivity contribution >= 4 is 11.4 Å². The zero-order valence-electron chi connectivity index (χ0n) is 7.53. The third-order valence-electron chi connectivity index (χ3n) is 1.58. The van der Waals surface area contributed by atoms with Crippen LogP contribution in [0.25, 0.3) is 0 Å². The average Bonchev–Trinajstić information content (AvgIpc) is 2.05. The summed E-state index contributed by atoms with van der Waals surface area (Å²) in [6.07, 6.45) is 1.59. The third kappa shape index (κ3) is 1.58. The molecule has 0 aromatic carbocycles. The van der Waals surface area contributed by atoms with E-state index in [1.807, 2.05) is 19.0 Å². The predicted molar refractivity (Wildman–Crippen MR) is 49.5 cm³/mol. The Morgan fingerprint density at radius 1 is 1.50 bits per heavy atom. The Morgan fingerprint density at radius 2 is 2.17 bits per heavy atom. The molecule has 1 rings (SSSR count). The van der Waals surface area contributed by atoms with Crippen LogP contribution in [0.3, 0.4) is 0 Å². The minimum atomic E-state index is 0.577. The maximum atomic E-state index is 5.69. The maximum absolute atomic E-state index is 5.69. The summed E-state index contributed by atoms with van der Waals surface area (Å²) < 4.78 is 4.97. The van der Waals surface area contributed by atoms with E-state index in [4.69, 9.17) is 10.5 Å². The molecule has 0 aliphatic heterocycles. The van der Waals surface area contributed by atoms with E-state index in [1.165, 1.54) is 0 Å². The van der Waals surface area contributed by atoms with Crippen LogP contribution in [0.2, 0.25) is 0 Å². The fourth-order valence-corrected chi connectivity index (χ4v) is 0.936. The van der Waals surface area contributed by atoms with Crippen molar-refractivity contribution in [2.45, 2.75) is 0 Å². The van der Waals surface area contributed by atoms with Gasteiger partial charge in [0.15, 0.2) is 0 Å². The first-order chi connectivity index (χ1) is 5.65. The largest absolute Gasteiger partial charge is 0.481 e. The molecule has 1 heterocycles. The highest BCUT2D eigenvalue weighted by Crippen LogP contribution is 2.23. The molecular weight excluding hydrogens is 154 g/mol. The van der Waals surface area contributed by atoms with Crippen molar-refractivity contribution in [1.29, 1.82) is 0 Å². The Kier molecular flexibility index (Phi) is 2.38. The van der Waals surface area contributed by atoms with Crippen LogP contribution in [0.1, 0.15) is 0 Å². The molecule has 0 aliphatic rings. The number of anilines is 2. The lowest BCUT2D eigenvalue weighted by molar-refractivity contribution is 0.398. The monoisotopic (exact) mass is 167 g/mol. The number of nitrogen functional groups attached to an aromatic ring is 1. The number of nitrogens with zero attached hydrogens (tertiary/aromatic N) is 2. The molecule has 0 spiro atoms. The lowest BCUT2D eigenvalue weighted by Gasteiger charge is -2.15. The summed E-state index contributed by atoms with van der Waals surface area (Å²) in [6.45, 7) is 0. The van der Waals surface area contributed by atoms with Crippen LogP contribution < -0.4 is 15.4 Å². The third-order valence-corrected chi connectivity index (χ3v) is 1.58. The highest BCUT2D eigenvalue weighted by Gasteiger charge is 2.03. The quantitative estimate of drug-likeness (QED) is 0.705. The minimum absolute atomic E-state index is 0.577. The molecule has 0 saturated carbocycles. The van der Waals surface area contributed by atoms with E-state index < -0.39 is 0 Å². The predicted octanol–water partition coefficient (Wildman–Crippen LogP) is 0.738. The van der Waals surface area contributed by atoms with Crippen molar-refractivity contribution in [2.24, 2.45) is 0 Å². The maximum Gasteiger partial charge on any atom is 0.215 e. The molecular formula is C8H13N3O. The summed E-state index contributed by atoms with van der Waals surface area (Å²) in [6, 6.07) is 1.80. The standard InChI is InChI=1S/C8H13N3O/c1-11(2)7-4-8(12-3)10-5-6(7)9/h4-5H,9H2,1-3H3. The number of pyridine rings is 1. The number of aromatic nitrogens is 1. The van der Waals surface area contributed by atoms with Crippen molar-refractivity contribution in [3.8, 4) is 5.88 Å². The molecule has 1 aromatic rings. The average molecular weight is 167 g/mol. The lowest BCUT2D eigenvalue weighted by Crippen LogP contribution is -2.11. The van der Waals surface area contributed by atoms with Crippen molar-refractivity contribution in [1.82, 2.24) is 4.98 Å². The van der Waals surface area contributed by atoms with Gasteiger partial charge >= 0.3 is 0 Å². The normalized spacial score (nSPS) is 9.58. The van der Waals surface area contributed by atoms with Crippen LogP contribution in [-0.2, 0) is 0 Å². The van der Waals surface area contributed by atoms with Gasteiger partial charge in [0.1, 0.15) is 0 Å². The van der Waals surface area contributed by atoms with Crippen LogP contribution >= 0.6 is 0 Å². The molecule has 4 heteroatoms. The second-order valence-corrected chi connectivity index (χ2v) is 2.68. The van der Waals surface area contributed by atoms with Crippen molar-refractivity contribution in [2.75, 3.05) is 31.8 Å². The van der Waals surface area contributed by atoms with Gasteiger partial charge in [-0.3, -0.25) is 0 Å². The van der Waals surface area contributed by atoms with Crippen molar-refractivity contribution in [3.63, 3.8) is 0 Å². The highest BCUT2D eigenvalue weighted by atomic mass is 16.5. The summed E-state index contributed by atoms with van der Waals surface area (Å²) in [5.41, 5.74) is 7.26. The number of rotatable bonds is 2. The van der Waals surface area contributed by atoms with Gasteiger partial charge < -0.3 is 15.4 Å². The number of ether oxygens (including phenoxy) is 1. The molecule has 4 nitrogen and oxygen atoms in total. The van der Waals surface area contributed by atoms with Crippen LogP contribution in [-0.4, -0.2) is 26.2 Å². The van der Waals surface area contributed by atoms with Crippen LogP contribution in [0.5, 0.6) is 5.88 Å². The van der Waals surface area contributed by atoms with E-state index in [9.17, 15) is 0 Å². The van der Waals surface area contributed by atoms with Gasteiger partial charge in [0, 0.05) is 20.2 Å². The minimum Gasteiger partial charge on any atom is -0.481 e. The molecule has 66 valence electrons. The van der Waals surface area contributed by atoms with Crippen molar-refractivity contribution in [3.05, 3.63) is 12.3 Å². The number of nitrogens with two attached hydrogens (primary N) is 1. The first-order valence-electron chi connectivity index (χ1n) is 3.62. The van der Waals surface area contributed by atoms with E-state index in [0.717, 1.165) is 5.69 Å². The SMILES string of the molecule is COc1cc(N(C)C)c(N)cn1. The van der Waals surface area contributed by atoms with Gasteiger partial charge in [-0.2, -0.15) is 0 Å². The molecule has 0 radical (unpaired) electrons. The Balaban J connectivity index is 3.08. The molecule has 0 saturated heterocycles. The summed E-state index contributed by atoms with van der Waals surface area (Å²) in [7, 11) is 5.42. The number of hydrogen-bond acceptors (Lipinski definition) is 4. The first-order valence-corrected chi connectivity index (χ1v) is 3.62. The van der Waals surface area contributed by atoms with Gasteiger partial charge in [-0.1, -0.05) is 0 Å². The number of methoxy groups -OCH3 is 1. The fraction of sp³-hybridized carbons (Fsp3) is 0.375. The zero-order valence-corrected chi connectivity index (χ0v) is 7.53. The molecule has 0 atom stereocenters. The van der Waals surface area contributed by atoms with E-state index in [0.29, 0.717) is 11.6 Å². The summed E-state index contributed by atoms with van der Waals surface area (Å²) >= 11 is 0. The Hall–Kier alpha value is -1.45. The molecule has 2 N–H and O–H groups in total. The van der Waals surface area contributed by atoms with Gasteiger partial charge in [0.2, 0.25) is 5.88 Å². The Bertz CT molecular complexity index is 273. The summed E-state index contributed by atoms with van der Waals surface area (Å²) in [5.74, 6) is 0.577. The summed E-state index contributed by atoms with van der Waals surface area (Å²) in [4.78, 5) is 5.88. The fourth-order valence-electron chi connectivity index (χ4n) is 0.936. The summed E-state index contributed by atoms with van der Waals surface area (Å²) in [5, 5.41) is 0. The lowest BCUT2D eigenvalue weighted by atomic mass is 10.3. The smallest absolute Gasteiger partial charge is 0.215 e. The second kappa shape index (κ2) is 3.30. The Morgan fingerprint density at radius 3 is 2.67 bits per heavy atom. The molecule has 0 bridgehead atoms. The van der Waals surface area contributed by atoms with Gasteiger partial charge in [-0.05, 0) is 0 Å². The molecule has 0 unspecified atom stereocenters. The van der Waals surface area contributed by atoms with Crippen molar-refractivity contribution < 1.29 is 4.74 Å². The Labute approximate surface area is 72.0 Å². The molecule has 12 heavy (non-hydrogen) atoms. The second-order valence-electron chi connectivity index (χ2n) is 2.68. The highest BCUT2D eigenvalue weighted by molar-refractivity contribution is 5.66. The van der Waals surface area contributed by atoms with Gasteiger partial charge in [0.25, 0.3) is 0 Å². The topological polar surface area (TPSA) is 51.4 Å². The van der Waals surface area contributed by atoms with E-state index in [1.54, 1.807) is 19.4 Å². The molecule has 1 aromatic heterocycles. The van der Waals surface area contributed by atoms with E-state index in [2.05, 4.69) is 4.98 Å². The van der Waals surface area contributed by atoms with Gasteiger partial charge in [-0.25, -0.2) is 4.98 Å². The molecule has 0 amide bonds. The van der Waals surface area contributed by atoms with E-state index >= 15 is 0 Å². The number of hydrogen-bond donors (Lipinski definition) is 1. The van der Waals surface area contributed by atoms with E-state index in [-0.39, 0.29) is 0 Å². The van der Waals surface area contributed by atoms with Crippen LogP contribution in [0.15, 0.2) is 12.3 Å². The molecule has 0 aliphatic carbocycles.